The van der Waals surface area contributed by atoms with Crippen LogP contribution in [0.1, 0.15) is 188 Å². The first-order chi connectivity index (χ1) is 23.7. The minimum atomic E-state index is -0.885. The fourth-order valence-corrected chi connectivity index (χ4v) is 6.03. The Hall–Kier alpha value is -2.13. The molecule has 49 heavy (non-hydrogen) atoms. The van der Waals surface area contributed by atoms with Crippen LogP contribution in [0.3, 0.4) is 0 Å². The number of guanidine groups is 1. The number of rotatable bonds is 35. The third-order valence-corrected chi connectivity index (χ3v) is 9.36. The highest BCUT2D eigenvalue weighted by atomic mass is 16.5. The van der Waals surface area contributed by atoms with Gasteiger partial charge in [0, 0.05) is 13.0 Å². The van der Waals surface area contributed by atoms with E-state index in [-0.39, 0.29) is 31.4 Å². The molecule has 0 radical (unpaired) electrons. The van der Waals surface area contributed by atoms with Crippen LogP contribution in [0.15, 0.2) is 17.1 Å². The Bertz CT molecular complexity index is 833. The fraction of sp³-hybridized carbons (Fsp3) is 0.875. The summed E-state index contributed by atoms with van der Waals surface area (Å²) in [6, 6.07) is -1.62. The predicted molar refractivity (Wildman–Crippen MR) is 207 cm³/mol. The first-order valence-electron chi connectivity index (χ1n) is 20.3. The van der Waals surface area contributed by atoms with Gasteiger partial charge in [0.2, 0.25) is 5.91 Å². The Balaban J connectivity index is 4.32. The van der Waals surface area contributed by atoms with Gasteiger partial charge in [0.25, 0.3) is 0 Å². The molecule has 0 heterocycles. The number of unbranched alkanes of at least 4 members (excludes halogenated alkanes) is 20. The molecule has 4 atom stereocenters. The van der Waals surface area contributed by atoms with E-state index in [1.165, 1.54) is 122 Å². The van der Waals surface area contributed by atoms with Crippen molar-refractivity contribution in [2.24, 2.45) is 28.1 Å². The van der Waals surface area contributed by atoms with Crippen LogP contribution in [0, 0.1) is 5.92 Å². The number of ether oxygens (including phenoxy) is 1. The first-order valence-corrected chi connectivity index (χ1v) is 20.3. The van der Waals surface area contributed by atoms with Gasteiger partial charge in [-0.05, 0) is 31.6 Å². The highest BCUT2D eigenvalue weighted by molar-refractivity contribution is 5.84. The smallest absolute Gasteiger partial charge is 0.328 e. The molecule has 9 nitrogen and oxygen atoms in total. The van der Waals surface area contributed by atoms with Crippen LogP contribution in [0.5, 0.6) is 0 Å². The molecule has 9 heteroatoms. The van der Waals surface area contributed by atoms with Crippen LogP contribution in [0.4, 0.5) is 0 Å². The van der Waals surface area contributed by atoms with E-state index in [0.29, 0.717) is 18.8 Å². The summed E-state index contributed by atoms with van der Waals surface area (Å²) in [4.78, 5) is 29.5. The van der Waals surface area contributed by atoms with Crippen LogP contribution in [0.2, 0.25) is 0 Å². The number of nitrogens with one attached hydrogen (secondary N) is 1. The first kappa shape index (κ1) is 46.9. The Morgan fingerprint density at radius 2 is 1.20 bits per heavy atom. The number of hydrogen-bond acceptors (Lipinski definition) is 6. The summed E-state index contributed by atoms with van der Waals surface area (Å²) in [7, 11) is 0. The van der Waals surface area contributed by atoms with E-state index in [4.69, 9.17) is 21.9 Å². The van der Waals surface area contributed by atoms with E-state index in [2.05, 4.69) is 37.2 Å². The summed E-state index contributed by atoms with van der Waals surface area (Å²) in [6.07, 6.45) is 33.3. The Labute approximate surface area is 301 Å². The zero-order valence-corrected chi connectivity index (χ0v) is 32.1. The normalized spacial score (nSPS) is 14.0. The van der Waals surface area contributed by atoms with Gasteiger partial charge in [-0.2, -0.15) is 0 Å². The number of nitrogens with zero attached hydrogens (tertiary/aromatic N) is 1. The zero-order valence-electron chi connectivity index (χ0n) is 32.1. The topological polar surface area (TPSA) is 166 Å². The molecule has 0 aliphatic rings. The predicted octanol–water partition coefficient (Wildman–Crippen LogP) is 8.35. The summed E-state index contributed by atoms with van der Waals surface area (Å²) in [5.74, 6) is -0.427. The Kier molecular flexibility index (Phi) is 32.8. The highest BCUT2D eigenvalue weighted by Crippen LogP contribution is 2.16. The maximum absolute atomic E-state index is 12.9. The van der Waals surface area contributed by atoms with Gasteiger partial charge in [-0.3, -0.25) is 9.79 Å². The molecule has 8 N–H and O–H groups in total. The van der Waals surface area contributed by atoms with E-state index in [9.17, 15) is 14.7 Å². The SMILES string of the molecule is CCCCCCCCCCCCCCCC(=O)NC(CCN=C(N)N)C(=O)OC[C@H](N)[C@H](O)CC=C[C@@H](C)CCCCCCCCCCC. The van der Waals surface area contributed by atoms with Gasteiger partial charge in [0.05, 0.1) is 12.1 Å². The molecule has 0 rings (SSSR count). The van der Waals surface area contributed by atoms with Gasteiger partial charge in [0.15, 0.2) is 5.96 Å². The number of amides is 1. The Morgan fingerprint density at radius 3 is 1.69 bits per heavy atom. The molecular weight excluding hydrogens is 614 g/mol. The third kappa shape index (κ3) is 31.6. The second kappa shape index (κ2) is 34.3. The van der Waals surface area contributed by atoms with Crippen molar-refractivity contribution < 1.29 is 19.4 Å². The number of carbonyl (C=O) groups excluding carboxylic acids is 2. The van der Waals surface area contributed by atoms with Crippen LogP contribution in [-0.4, -0.2) is 54.3 Å². The van der Waals surface area contributed by atoms with E-state index < -0.39 is 24.2 Å². The van der Waals surface area contributed by atoms with E-state index in [1.807, 2.05) is 6.08 Å². The second-order valence-electron chi connectivity index (χ2n) is 14.3. The molecule has 288 valence electrons. The van der Waals surface area contributed by atoms with Crippen molar-refractivity contribution in [1.82, 2.24) is 5.32 Å². The maximum Gasteiger partial charge on any atom is 0.328 e. The van der Waals surface area contributed by atoms with Crippen LogP contribution in [-0.2, 0) is 14.3 Å². The molecular formula is C40H79N5O4. The number of aliphatic hydroxyl groups excluding tert-OH is 1. The van der Waals surface area contributed by atoms with E-state index >= 15 is 0 Å². The summed E-state index contributed by atoms with van der Waals surface area (Å²) in [6.45, 7) is 6.74. The fourth-order valence-electron chi connectivity index (χ4n) is 6.03. The van der Waals surface area contributed by atoms with Gasteiger partial charge >= 0.3 is 5.97 Å². The van der Waals surface area contributed by atoms with Crippen LogP contribution < -0.4 is 22.5 Å². The molecule has 1 unspecified atom stereocenters. The van der Waals surface area contributed by atoms with Crippen molar-refractivity contribution >= 4 is 17.8 Å². The zero-order chi connectivity index (χ0) is 36.4. The molecule has 0 aromatic carbocycles. The number of hydrogen-bond donors (Lipinski definition) is 5. The van der Waals surface area contributed by atoms with Gasteiger partial charge in [-0.15, -0.1) is 0 Å². The number of nitrogens with two attached hydrogens (primary N) is 3. The number of carbonyl (C=O) groups is 2. The second-order valence-corrected chi connectivity index (χ2v) is 14.3. The lowest BCUT2D eigenvalue weighted by Crippen LogP contribution is -2.45. The van der Waals surface area contributed by atoms with Crippen molar-refractivity contribution in [3.63, 3.8) is 0 Å². The molecule has 0 fully saturated rings. The molecule has 0 aliphatic heterocycles. The van der Waals surface area contributed by atoms with Crippen LogP contribution >= 0.6 is 0 Å². The molecule has 0 aromatic heterocycles. The summed E-state index contributed by atoms with van der Waals surface area (Å²) < 4.78 is 5.43. The van der Waals surface area contributed by atoms with Gasteiger partial charge in [0.1, 0.15) is 12.6 Å². The average molecular weight is 694 g/mol. The van der Waals surface area contributed by atoms with E-state index in [1.54, 1.807) is 0 Å². The van der Waals surface area contributed by atoms with E-state index in [0.717, 1.165) is 25.7 Å². The maximum atomic E-state index is 12.9. The lowest BCUT2D eigenvalue weighted by molar-refractivity contribution is -0.149. The minimum Gasteiger partial charge on any atom is -0.462 e. The molecule has 0 bridgehead atoms. The average Bonchev–Trinajstić information content (AvgIpc) is 3.07. The van der Waals surface area contributed by atoms with Crippen molar-refractivity contribution in [3.8, 4) is 0 Å². The lowest BCUT2D eigenvalue weighted by Gasteiger charge is -2.21. The molecule has 0 aliphatic carbocycles. The summed E-state index contributed by atoms with van der Waals surface area (Å²) in [5.41, 5.74) is 17.0. The highest BCUT2D eigenvalue weighted by Gasteiger charge is 2.24. The van der Waals surface area contributed by atoms with Crippen molar-refractivity contribution in [3.05, 3.63) is 12.2 Å². The van der Waals surface area contributed by atoms with Crippen molar-refractivity contribution in [2.75, 3.05) is 13.2 Å². The largest absolute Gasteiger partial charge is 0.462 e. The molecule has 0 spiro atoms. The molecule has 0 saturated heterocycles. The molecule has 0 aromatic rings. The number of esters is 1. The minimum absolute atomic E-state index is 0.0777. The van der Waals surface area contributed by atoms with Crippen molar-refractivity contribution in [1.29, 1.82) is 0 Å². The van der Waals surface area contributed by atoms with Crippen LogP contribution in [0.25, 0.3) is 0 Å². The molecule has 1 amide bonds. The number of allylic oxidation sites excluding steroid dienone is 1. The Morgan fingerprint density at radius 1 is 0.735 bits per heavy atom. The quantitative estimate of drug-likeness (QED) is 0.0146. The monoisotopic (exact) mass is 694 g/mol. The number of aliphatic imine (C=N–C) groups is 1. The molecule has 0 saturated carbocycles. The summed E-state index contributed by atoms with van der Waals surface area (Å²) >= 11 is 0. The third-order valence-electron chi connectivity index (χ3n) is 9.36. The van der Waals surface area contributed by atoms with Gasteiger partial charge in [-0.1, -0.05) is 168 Å². The number of aliphatic hydroxyl groups is 1. The van der Waals surface area contributed by atoms with Gasteiger partial charge < -0.3 is 32.4 Å². The summed E-state index contributed by atoms with van der Waals surface area (Å²) in [5, 5.41) is 13.3. The van der Waals surface area contributed by atoms with Gasteiger partial charge in [-0.25, -0.2) is 4.79 Å². The van der Waals surface area contributed by atoms with Crippen molar-refractivity contribution in [2.45, 2.75) is 206 Å². The lowest BCUT2D eigenvalue weighted by atomic mass is 10.00. The standard InChI is InChI=1S/C40H79N5O4/c1-4-6-8-10-12-14-15-16-17-19-21-23-25-30-38(47)45-36(31-32-44-40(42)43)39(48)49-33-35(41)37(46)29-26-28-34(3)27-24-22-20-18-13-11-9-7-5-2/h26,28,34-37,46H,4-25,27,29-33,41H2,1-3H3,(H,45,47)(H4,42,43,44)/t34-,35-,36?,37+/m0/s1.